The van der Waals surface area contributed by atoms with Gasteiger partial charge in [0.1, 0.15) is 0 Å². The van der Waals surface area contributed by atoms with Crippen LogP contribution in [0.3, 0.4) is 0 Å². The zero-order valence-electron chi connectivity index (χ0n) is 7.99. The third-order valence-electron chi connectivity index (χ3n) is 1.92. The summed E-state index contributed by atoms with van der Waals surface area (Å²) in [6.45, 7) is 1.94. The standard InChI is InChI=1S/C10H8BrNOS2/c1-6-12-7(3-15-6)2-10(13)8-4-14-5-9(8)11/h3-5H,2H2,1H3. The Labute approximate surface area is 104 Å². The van der Waals surface area contributed by atoms with E-state index < -0.39 is 0 Å². The van der Waals surface area contributed by atoms with Crippen LogP contribution in [0.25, 0.3) is 0 Å². The lowest BCUT2D eigenvalue weighted by Gasteiger charge is -1.95. The van der Waals surface area contributed by atoms with Gasteiger partial charge in [0.25, 0.3) is 0 Å². The quantitative estimate of drug-likeness (QED) is 0.809. The molecular weight excluding hydrogens is 294 g/mol. The molecule has 0 radical (unpaired) electrons. The van der Waals surface area contributed by atoms with Gasteiger partial charge >= 0.3 is 0 Å². The molecule has 0 unspecified atom stereocenters. The van der Waals surface area contributed by atoms with Crippen LogP contribution >= 0.6 is 38.6 Å². The number of thiazole rings is 1. The Balaban J connectivity index is 2.14. The molecule has 2 nitrogen and oxygen atoms in total. The molecule has 5 heteroatoms. The van der Waals surface area contributed by atoms with Crippen molar-refractivity contribution in [3.8, 4) is 0 Å². The van der Waals surface area contributed by atoms with Gasteiger partial charge in [0.05, 0.1) is 17.1 Å². The normalized spacial score (nSPS) is 10.5. The van der Waals surface area contributed by atoms with E-state index >= 15 is 0 Å². The highest BCUT2D eigenvalue weighted by Gasteiger charge is 2.12. The maximum absolute atomic E-state index is 11.8. The van der Waals surface area contributed by atoms with Crippen molar-refractivity contribution in [1.29, 1.82) is 0 Å². The van der Waals surface area contributed by atoms with E-state index in [1.165, 1.54) is 11.3 Å². The molecule has 0 aromatic carbocycles. The van der Waals surface area contributed by atoms with Crippen LogP contribution in [-0.4, -0.2) is 10.8 Å². The van der Waals surface area contributed by atoms with E-state index in [-0.39, 0.29) is 5.78 Å². The Bertz CT molecular complexity index is 489. The molecule has 2 heterocycles. The Hall–Kier alpha value is -0.520. The van der Waals surface area contributed by atoms with Crippen molar-refractivity contribution in [1.82, 2.24) is 4.98 Å². The minimum absolute atomic E-state index is 0.119. The monoisotopic (exact) mass is 301 g/mol. The molecule has 0 aliphatic rings. The number of nitrogens with zero attached hydrogens (tertiary/aromatic N) is 1. The second-order valence-electron chi connectivity index (χ2n) is 3.09. The largest absolute Gasteiger partial charge is 0.294 e. The lowest BCUT2D eigenvalue weighted by atomic mass is 10.1. The first-order valence-electron chi connectivity index (χ1n) is 4.32. The number of carbonyl (C=O) groups is 1. The maximum Gasteiger partial charge on any atom is 0.170 e. The molecule has 0 saturated carbocycles. The summed E-state index contributed by atoms with van der Waals surface area (Å²) in [5, 5.41) is 6.72. The molecule has 78 valence electrons. The number of rotatable bonds is 3. The van der Waals surface area contributed by atoms with Crippen LogP contribution in [0.1, 0.15) is 21.1 Å². The number of hydrogen-bond donors (Lipinski definition) is 0. The number of ketones is 1. The fraction of sp³-hybridized carbons (Fsp3) is 0.200. The molecule has 0 amide bonds. The van der Waals surface area contributed by atoms with Gasteiger partial charge in [-0.3, -0.25) is 4.79 Å². The minimum Gasteiger partial charge on any atom is -0.294 e. The Morgan fingerprint density at radius 1 is 1.47 bits per heavy atom. The fourth-order valence-electron chi connectivity index (χ4n) is 1.23. The number of Topliss-reactive ketones (excluding diaryl/α,β-unsaturated/α-hetero) is 1. The first kappa shape index (κ1) is 11.0. The molecular formula is C10H8BrNOS2. The van der Waals surface area contributed by atoms with Crippen molar-refractivity contribution in [3.05, 3.63) is 36.9 Å². The first-order valence-corrected chi connectivity index (χ1v) is 6.94. The molecule has 0 bridgehead atoms. The lowest BCUT2D eigenvalue weighted by molar-refractivity contribution is 0.0992. The summed E-state index contributed by atoms with van der Waals surface area (Å²) in [6, 6.07) is 0. The summed E-state index contributed by atoms with van der Waals surface area (Å²) in [6.07, 6.45) is 0.389. The summed E-state index contributed by atoms with van der Waals surface area (Å²) in [5.74, 6) is 0.119. The molecule has 2 rings (SSSR count). The molecule has 0 fully saturated rings. The zero-order chi connectivity index (χ0) is 10.8. The summed E-state index contributed by atoms with van der Waals surface area (Å²) >= 11 is 6.46. The Morgan fingerprint density at radius 3 is 2.80 bits per heavy atom. The van der Waals surface area contributed by atoms with Gasteiger partial charge in [-0.2, -0.15) is 11.3 Å². The average molecular weight is 302 g/mol. The molecule has 2 aromatic heterocycles. The van der Waals surface area contributed by atoms with Gasteiger partial charge in [0.15, 0.2) is 5.78 Å². The SMILES string of the molecule is Cc1nc(CC(=O)c2cscc2Br)cs1. The highest BCUT2D eigenvalue weighted by molar-refractivity contribution is 9.10. The van der Waals surface area contributed by atoms with E-state index in [2.05, 4.69) is 20.9 Å². The molecule has 0 aliphatic heterocycles. The summed E-state index contributed by atoms with van der Waals surface area (Å²) in [5.41, 5.74) is 1.62. The van der Waals surface area contributed by atoms with Gasteiger partial charge in [0, 0.05) is 26.2 Å². The third-order valence-corrected chi connectivity index (χ3v) is 4.45. The number of halogens is 1. The predicted molar refractivity (Wildman–Crippen MR) is 66.9 cm³/mol. The van der Waals surface area contributed by atoms with Gasteiger partial charge in [0.2, 0.25) is 0 Å². The van der Waals surface area contributed by atoms with Crippen molar-refractivity contribution < 1.29 is 4.79 Å². The third kappa shape index (κ3) is 2.53. The second-order valence-corrected chi connectivity index (χ2v) is 5.75. The molecule has 0 N–H and O–H groups in total. The van der Waals surface area contributed by atoms with E-state index in [1.54, 1.807) is 11.3 Å². The molecule has 15 heavy (non-hydrogen) atoms. The van der Waals surface area contributed by atoms with Crippen molar-refractivity contribution in [2.75, 3.05) is 0 Å². The fourth-order valence-corrected chi connectivity index (χ4v) is 3.36. The first-order chi connectivity index (χ1) is 7.16. The number of carbonyl (C=O) groups excluding carboxylic acids is 1. The van der Waals surface area contributed by atoms with Gasteiger partial charge in [-0.1, -0.05) is 0 Å². The van der Waals surface area contributed by atoms with Crippen LogP contribution < -0.4 is 0 Å². The summed E-state index contributed by atoms with van der Waals surface area (Å²) in [7, 11) is 0. The Kier molecular flexibility index (Phi) is 3.33. The van der Waals surface area contributed by atoms with Crippen molar-refractivity contribution >= 4 is 44.4 Å². The molecule has 2 aromatic rings. The van der Waals surface area contributed by atoms with E-state index in [0.29, 0.717) is 6.42 Å². The van der Waals surface area contributed by atoms with Gasteiger partial charge < -0.3 is 0 Å². The van der Waals surface area contributed by atoms with E-state index in [4.69, 9.17) is 0 Å². The van der Waals surface area contributed by atoms with Crippen LogP contribution in [0.15, 0.2) is 20.6 Å². The van der Waals surface area contributed by atoms with Crippen molar-refractivity contribution in [2.45, 2.75) is 13.3 Å². The number of thiophene rings is 1. The van der Waals surface area contributed by atoms with Crippen LogP contribution in [0.5, 0.6) is 0 Å². The smallest absolute Gasteiger partial charge is 0.170 e. The van der Waals surface area contributed by atoms with Crippen molar-refractivity contribution in [3.63, 3.8) is 0 Å². The summed E-state index contributed by atoms with van der Waals surface area (Å²) < 4.78 is 0.879. The van der Waals surface area contributed by atoms with Gasteiger partial charge in [-0.05, 0) is 22.9 Å². The Morgan fingerprint density at radius 2 is 2.27 bits per heavy atom. The van der Waals surface area contributed by atoms with Crippen LogP contribution in [0.2, 0.25) is 0 Å². The summed E-state index contributed by atoms with van der Waals surface area (Å²) in [4.78, 5) is 16.1. The lowest BCUT2D eigenvalue weighted by Crippen LogP contribution is -2.03. The van der Waals surface area contributed by atoms with Crippen LogP contribution in [-0.2, 0) is 6.42 Å². The maximum atomic E-state index is 11.8. The molecule has 0 aliphatic carbocycles. The minimum atomic E-state index is 0.119. The average Bonchev–Trinajstić information content (AvgIpc) is 2.75. The molecule has 0 saturated heterocycles. The topological polar surface area (TPSA) is 30.0 Å². The van der Waals surface area contributed by atoms with Gasteiger partial charge in [-0.15, -0.1) is 11.3 Å². The van der Waals surface area contributed by atoms with E-state index in [0.717, 1.165) is 20.7 Å². The highest BCUT2D eigenvalue weighted by Crippen LogP contribution is 2.23. The molecule has 0 atom stereocenters. The van der Waals surface area contributed by atoms with E-state index in [1.807, 2.05) is 23.1 Å². The number of aryl methyl sites for hydroxylation is 1. The highest BCUT2D eigenvalue weighted by atomic mass is 79.9. The van der Waals surface area contributed by atoms with Crippen LogP contribution in [0.4, 0.5) is 0 Å². The van der Waals surface area contributed by atoms with Gasteiger partial charge in [-0.25, -0.2) is 4.98 Å². The zero-order valence-corrected chi connectivity index (χ0v) is 11.2. The van der Waals surface area contributed by atoms with Crippen molar-refractivity contribution in [2.24, 2.45) is 0 Å². The second kappa shape index (κ2) is 4.55. The number of hydrogen-bond acceptors (Lipinski definition) is 4. The van der Waals surface area contributed by atoms with E-state index in [9.17, 15) is 4.79 Å². The van der Waals surface area contributed by atoms with Crippen LogP contribution in [0, 0.1) is 6.92 Å². The predicted octanol–water partition coefficient (Wildman–Crippen LogP) is 3.70. The number of aromatic nitrogens is 1. The molecule has 0 spiro atoms.